The van der Waals surface area contributed by atoms with Gasteiger partial charge < -0.3 is 15.4 Å². The van der Waals surface area contributed by atoms with Gasteiger partial charge in [0.1, 0.15) is 11.6 Å². The molecule has 0 amide bonds. The summed E-state index contributed by atoms with van der Waals surface area (Å²) in [7, 11) is 0. The minimum Gasteiger partial charge on any atom is -0.494 e. The van der Waals surface area contributed by atoms with E-state index in [1.807, 2.05) is 0 Å². The second-order valence-electron chi connectivity index (χ2n) is 5.26. The van der Waals surface area contributed by atoms with Gasteiger partial charge in [0, 0.05) is 13.1 Å². The van der Waals surface area contributed by atoms with E-state index < -0.39 is 0 Å². The number of nitrogens with one attached hydrogen (secondary N) is 2. The lowest BCUT2D eigenvalue weighted by Gasteiger charge is -2.11. The zero-order chi connectivity index (χ0) is 17.0. The van der Waals surface area contributed by atoms with Crippen molar-refractivity contribution in [1.82, 2.24) is 10.6 Å². The van der Waals surface area contributed by atoms with Crippen LogP contribution in [0.3, 0.4) is 0 Å². The van der Waals surface area contributed by atoms with Crippen molar-refractivity contribution in [1.29, 1.82) is 0 Å². The van der Waals surface area contributed by atoms with Crippen LogP contribution >= 0.6 is 11.3 Å². The quantitative estimate of drug-likeness (QED) is 0.411. The third-order valence-electron chi connectivity index (χ3n) is 3.29. The molecule has 6 heteroatoms. The van der Waals surface area contributed by atoms with Crippen LogP contribution in [0.2, 0.25) is 0 Å². The molecule has 1 heterocycles. The van der Waals surface area contributed by atoms with Crippen molar-refractivity contribution < 1.29 is 9.13 Å². The summed E-state index contributed by atoms with van der Waals surface area (Å²) in [6, 6.07) is 8.19. The van der Waals surface area contributed by atoms with Crippen LogP contribution in [0.5, 0.6) is 5.75 Å². The molecule has 0 saturated carbocycles. The smallest absolute Gasteiger partial charge is 0.191 e. The molecule has 4 nitrogen and oxygen atoms in total. The molecule has 2 rings (SSSR count). The first-order valence-corrected chi connectivity index (χ1v) is 9.14. The Morgan fingerprint density at radius 2 is 2.00 bits per heavy atom. The van der Waals surface area contributed by atoms with E-state index in [1.54, 1.807) is 23.5 Å². The van der Waals surface area contributed by atoms with E-state index in [1.165, 1.54) is 17.7 Å². The molecule has 2 N–H and O–H groups in total. The highest BCUT2D eigenvalue weighted by Gasteiger charge is 1.99. The van der Waals surface area contributed by atoms with E-state index >= 15 is 0 Å². The lowest BCUT2D eigenvalue weighted by Crippen LogP contribution is -2.37. The maximum absolute atomic E-state index is 12.8. The summed E-state index contributed by atoms with van der Waals surface area (Å²) in [5.41, 5.74) is 1.23. The summed E-state index contributed by atoms with van der Waals surface area (Å²) in [5, 5.41) is 10.7. The highest BCUT2D eigenvalue weighted by atomic mass is 32.1. The normalized spacial score (nSPS) is 11.3. The van der Waals surface area contributed by atoms with Gasteiger partial charge in [-0.05, 0) is 66.4 Å². The molecule has 2 aromatic rings. The van der Waals surface area contributed by atoms with E-state index in [0.29, 0.717) is 18.9 Å². The molecule has 0 atom stereocenters. The Balaban J connectivity index is 1.61. The zero-order valence-corrected chi connectivity index (χ0v) is 14.7. The largest absolute Gasteiger partial charge is 0.494 e. The van der Waals surface area contributed by atoms with E-state index in [-0.39, 0.29) is 5.82 Å². The van der Waals surface area contributed by atoms with Gasteiger partial charge in [0.05, 0.1) is 13.2 Å². The summed E-state index contributed by atoms with van der Waals surface area (Å²) in [6.07, 6.45) is 1.90. The fourth-order valence-corrected chi connectivity index (χ4v) is 2.71. The molecule has 24 heavy (non-hydrogen) atoms. The third kappa shape index (κ3) is 7.00. The highest BCUT2D eigenvalue weighted by Crippen LogP contribution is 2.11. The second-order valence-corrected chi connectivity index (χ2v) is 6.04. The number of thiophene rings is 1. The topological polar surface area (TPSA) is 45.7 Å². The number of ether oxygens (including phenoxy) is 1. The van der Waals surface area contributed by atoms with Crippen molar-refractivity contribution in [2.45, 2.75) is 26.3 Å². The number of halogens is 1. The van der Waals surface area contributed by atoms with Crippen LogP contribution in [0, 0.1) is 5.82 Å². The highest BCUT2D eigenvalue weighted by molar-refractivity contribution is 7.07. The van der Waals surface area contributed by atoms with E-state index in [4.69, 9.17) is 4.74 Å². The molecular weight excluding hydrogens is 325 g/mol. The van der Waals surface area contributed by atoms with E-state index in [9.17, 15) is 4.39 Å². The number of guanidine groups is 1. The number of hydrogen-bond acceptors (Lipinski definition) is 3. The molecule has 0 aliphatic rings. The van der Waals surface area contributed by atoms with Crippen LogP contribution in [0.15, 0.2) is 46.1 Å². The number of aliphatic imine (C=N–C) groups is 1. The summed E-state index contributed by atoms with van der Waals surface area (Å²) in [4.78, 5) is 4.56. The molecule has 1 aromatic heterocycles. The number of benzene rings is 1. The van der Waals surface area contributed by atoms with Gasteiger partial charge in [0.25, 0.3) is 0 Å². The standard InChI is InChI=1S/C18H24FN3OS/c1-2-20-18(22-13-15-9-12-24-14-15)21-10-3-4-11-23-17-7-5-16(19)6-8-17/h5-9,12,14H,2-4,10-11,13H2,1H3,(H2,20,21,22). The van der Waals surface area contributed by atoms with Crippen molar-refractivity contribution in [3.63, 3.8) is 0 Å². The number of hydrogen-bond donors (Lipinski definition) is 2. The molecule has 0 fully saturated rings. The fourth-order valence-electron chi connectivity index (χ4n) is 2.05. The zero-order valence-electron chi connectivity index (χ0n) is 13.9. The van der Waals surface area contributed by atoms with Gasteiger partial charge in [-0.1, -0.05) is 0 Å². The molecular formula is C18H24FN3OS. The fraction of sp³-hybridized carbons (Fsp3) is 0.389. The molecule has 0 aliphatic heterocycles. The first kappa shape index (κ1) is 18.3. The Bertz CT molecular complexity index is 599. The van der Waals surface area contributed by atoms with Crippen molar-refractivity contribution in [2.75, 3.05) is 19.7 Å². The van der Waals surface area contributed by atoms with Gasteiger partial charge in [-0.2, -0.15) is 11.3 Å². The van der Waals surface area contributed by atoms with Gasteiger partial charge in [-0.15, -0.1) is 0 Å². The molecule has 130 valence electrons. The minimum atomic E-state index is -0.246. The first-order valence-electron chi connectivity index (χ1n) is 8.19. The van der Waals surface area contributed by atoms with Crippen LogP contribution in [0.25, 0.3) is 0 Å². The van der Waals surface area contributed by atoms with Gasteiger partial charge in [-0.3, -0.25) is 0 Å². The van der Waals surface area contributed by atoms with Gasteiger partial charge in [0.2, 0.25) is 0 Å². The monoisotopic (exact) mass is 349 g/mol. The SMILES string of the molecule is CCNC(=NCc1ccsc1)NCCCCOc1ccc(F)cc1. The van der Waals surface area contributed by atoms with Crippen LogP contribution in [0.4, 0.5) is 4.39 Å². The van der Waals surface area contributed by atoms with Crippen LogP contribution in [-0.2, 0) is 6.54 Å². The Morgan fingerprint density at radius 3 is 2.71 bits per heavy atom. The van der Waals surface area contributed by atoms with Gasteiger partial charge in [-0.25, -0.2) is 9.38 Å². The molecule has 0 bridgehead atoms. The molecule has 0 aliphatic carbocycles. The third-order valence-corrected chi connectivity index (χ3v) is 4.02. The summed E-state index contributed by atoms with van der Waals surface area (Å²) < 4.78 is 18.4. The summed E-state index contributed by atoms with van der Waals surface area (Å²) in [5.74, 6) is 1.29. The van der Waals surface area contributed by atoms with Crippen molar-refractivity contribution in [3.05, 3.63) is 52.5 Å². The predicted molar refractivity (Wildman–Crippen MR) is 98.3 cm³/mol. The Kier molecular flexibility index (Phi) is 8.10. The van der Waals surface area contributed by atoms with Crippen LogP contribution in [0.1, 0.15) is 25.3 Å². The summed E-state index contributed by atoms with van der Waals surface area (Å²) >= 11 is 1.69. The van der Waals surface area contributed by atoms with Gasteiger partial charge >= 0.3 is 0 Å². The Morgan fingerprint density at radius 1 is 1.17 bits per heavy atom. The number of rotatable bonds is 9. The van der Waals surface area contributed by atoms with Crippen molar-refractivity contribution in [2.24, 2.45) is 4.99 Å². The molecule has 0 spiro atoms. The summed E-state index contributed by atoms with van der Waals surface area (Å²) in [6.45, 7) is 5.03. The number of nitrogens with zero attached hydrogens (tertiary/aromatic N) is 1. The maximum Gasteiger partial charge on any atom is 0.191 e. The predicted octanol–water partition coefficient (Wildman–Crippen LogP) is 3.80. The lowest BCUT2D eigenvalue weighted by atomic mass is 10.3. The lowest BCUT2D eigenvalue weighted by molar-refractivity contribution is 0.306. The van der Waals surface area contributed by atoms with Gasteiger partial charge in [0.15, 0.2) is 5.96 Å². The molecule has 0 radical (unpaired) electrons. The first-order chi connectivity index (χ1) is 11.8. The minimum absolute atomic E-state index is 0.246. The van der Waals surface area contributed by atoms with E-state index in [0.717, 1.165) is 31.9 Å². The average Bonchev–Trinajstić information content (AvgIpc) is 3.11. The number of unbranched alkanes of at least 4 members (excludes halogenated alkanes) is 1. The Hall–Kier alpha value is -2.08. The molecule has 0 unspecified atom stereocenters. The van der Waals surface area contributed by atoms with E-state index in [2.05, 4.69) is 39.4 Å². The second kappa shape index (κ2) is 10.6. The average molecular weight is 349 g/mol. The van der Waals surface area contributed by atoms with Crippen LogP contribution < -0.4 is 15.4 Å². The maximum atomic E-state index is 12.8. The molecule has 1 aromatic carbocycles. The van der Waals surface area contributed by atoms with Crippen molar-refractivity contribution in [3.8, 4) is 5.75 Å². The van der Waals surface area contributed by atoms with Crippen molar-refractivity contribution >= 4 is 17.3 Å². The van der Waals surface area contributed by atoms with Crippen LogP contribution in [-0.4, -0.2) is 25.7 Å². The molecule has 0 saturated heterocycles. The Labute approximate surface area is 146 Å².